The summed E-state index contributed by atoms with van der Waals surface area (Å²) in [6.07, 6.45) is 4.37. The molecule has 15 heavy (non-hydrogen) atoms. The summed E-state index contributed by atoms with van der Waals surface area (Å²) in [5, 5.41) is 4.62. The molecule has 0 radical (unpaired) electrons. The third-order valence-corrected chi connectivity index (χ3v) is 3.84. The molecular weight excluding hydrogens is 204 g/mol. The molecule has 2 nitrogen and oxygen atoms in total. The first kappa shape index (κ1) is 12.7. The predicted octanol–water partition coefficient (Wildman–Crippen LogP) is 3.02. The average Bonchev–Trinajstić information content (AvgIpc) is 2.61. The van der Waals surface area contributed by atoms with Gasteiger partial charge in [0.1, 0.15) is 0 Å². The number of hydrogen-bond donors (Lipinski definition) is 1. The van der Waals surface area contributed by atoms with Crippen molar-refractivity contribution < 1.29 is 0 Å². The average molecular weight is 226 g/mol. The smallest absolute Gasteiger partial charge is 0.0896 e. The van der Waals surface area contributed by atoms with E-state index in [1.165, 1.54) is 16.3 Å². The standard InChI is InChI=1S/C12H22N2S/c1-5-12(4,9-13-6-2)7-11-8-14-10(3)15-11/h8,13H,5-7,9H2,1-4H3. The van der Waals surface area contributed by atoms with Crippen LogP contribution in [-0.2, 0) is 6.42 Å². The Hall–Kier alpha value is -0.410. The van der Waals surface area contributed by atoms with Gasteiger partial charge in [-0.2, -0.15) is 0 Å². The summed E-state index contributed by atoms with van der Waals surface area (Å²) in [6, 6.07) is 0. The Morgan fingerprint density at radius 2 is 2.20 bits per heavy atom. The highest BCUT2D eigenvalue weighted by Gasteiger charge is 2.22. The Balaban J connectivity index is 2.59. The highest BCUT2D eigenvalue weighted by molar-refractivity contribution is 7.11. The normalized spacial score (nSPS) is 15.2. The van der Waals surface area contributed by atoms with Crippen molar-refractivity contribution in [2.24, 2.45) is 5.41 Å². The van der Waals surface area contributed by atoms with Gasteiger partial charge in [0, 0.05) is 17.6 Å². The zero-order valence-electron chi connectivity index (χ0n) is 10.3. The van der Waals surface area contributed by atoms with Gasteiger partial charge >= 0.3 is 0 Å². The van der Waals surface area contributed by atoms with Crippen molar-refractivity contribution in [3.63, 3.8) is 0 Å². The summed E-state index contributed by atoms with van der Waals surface area (Å²) in [5.74, 6) is 0. The summed E-state index contributed by atoms with van der Waals surface area (Å²) in [6.45, 7) is 11.0. The van der Waals surface area contributed by atoms with Gasteiger partial charge in [0.25, 0.3) is 0 Å². The van der Waals surface area contributed by atoms with Crippen LogP contribution in [0.2, 0.25) is 0 Å². The molecular formula is C12H22N2S. The van der Waals surface area contributed by atoms with E-state index in [9.17, 15) is 0 Å². The lowest BCUT2D eigenvalue weighted by molar-refractivity contribution is 0.295. The molecule has 0 fully saturated rings. The van der Waals surface area contributed by atoms with E-state index in [2.05, 4.69) is 38.0 Å². The number of hydrogen-bond acceptors (Lipinski definition) is 3. The van der Waals surface area contributed by atoms with Crippen molar-refractivity contribution in [1.29, 1.82) is 0 Å². The van der Waals surface area contributed by atoms with Gasteiger partial charge in [-0.3, -0.25) is 0 Å². The third-order valence-electron chi connectivity index (χ3n) is 2.93. The van der Waals surface area contributed by atoms with E-state index in [0.717, 1.165) is 19.5 Å². The van der Waals surface area contributed by atoms with Gasteiger partial charge in [0.2, 0.25) is 0 Å². The first-order valence-corrected chi connectivity index (χ1v) is 6.53. The molecule has 1 rings (SSSR count). The maximum absolute atomic E-state index is 4.31. The molecule has 1 heterocycles. The predicted molar refractivity (Wildman–Crippen MR) is 67.5 cm³/mol. The topological polar surface area (TPSA) is 24.9 Å². The molecule has 0 spiro atoms. The molecule has 0 saturated carbocycles. The van der Waals surface area contributed by atoms with E-state index in [1.807, 2.05) is 17.5 Å². The van der Waals surface area contributed by atoms with Crippen molar-refractivity contribution >= 4 is 11.3 Å². The number of thiazole rings is 1. The van der Waals surface area contributed by atoms with Crippen LogP contribution in [0.15, 0.2) is 6.20 Å². The zero-order valence-corrected chi connectivity index (χ0v) is 11.1. The molecule has 3 heteroatoms. The second-order valence-electron chi connectivity index (χ2n) is 4.47. The lowest BCUT2D eigenvalue weighted by atomic mass is 9.83. The van der Waals surface area contributed by atoms with Crippen LogP contribution in [-0.4, -0.2) is 18.1 Å². The van der Waals surface area contributed by atoms with E-state index < -0.39 is 0 Å². The Kier molecular flexibility index (Phi) is 4.74. The van der Waals surface area contributed by atoms with Crippen LogP contribution < -0.4 is 5.32 Å². The van der Waals surface area contributed by atoms with Gasteiger partial charge < -0.3 is 5.32 Å². The van der Waals surface area contributed by atoms with E-state index in [-0.39, 0.29) is 0 Å². The summed E-state index contributed by atoms with van der Waals surface area (Å²) in [4.78, 5) is 5.73. The lowest BCUT2D eigenvalue weighted by Gasteiger charge is -2.27. The molecule has 1 atom stereocenters. The molecule has 0 amide bonds. The first-order valence-electron chi connectivity index (χ1n) is 5.71. The minimum atomic E-state index is 0.370. The van der Waals surface area contributed by atoms with Crippen LogP contribution in [0.1, 0.15) is 37.1 Å². The number of rotatable bonds is 6. The van der Waals surface area contributed by atoms with Crippen molar-refractivity contribution in [2.45, 2.75) is 40.5 Å². The molecule has 0 aliphatic carbocycles. The van der Waals surface area contributed by atoms with Crippen molar-refractivity contribution in [1.82, 2.24) is 10.3 Å². The monoisotopic (exact) mass is 226 g/mol. The van der Waals surface area contributed by atoms with Gasteiger partial charge in [-0.1, -0.05) is 20.8 Å². The fraction of sp³-hybridized carbons (Fsp3) is 0.750. The maximum atomic E-state index is 4.31. The lowest BCUT2D eigenvalue weighted by Crippen LogP contribution is -2.32. The Morgan fingerprint density at radius 1 is 1.47 bits per heavy atom. The summed E-state index contributed by atoms with van der Waals surface area (Å²) < 4.78 is 0. The largest absolute Gasteiger partial charge is 0.316 e. The van der Waals surface area contributed by atoms with Gasteiger partial charge in [0.05, 0.1) is 5.01 Å². The highest BCUT2D eigenvalue weighted by atomic mass is 32.1. The number of aromatic nitrogens is 1. The molecule has 86 valence electrons. The van der Waals surface area contributed by atoms with Crippen molar-refractivity contribution in [2.75, 3.05) is 13.1 Å². The fourth-order valence-electron chi connectivity index (χ4n) is 1.65. The van der Waals surface area contributed by atoms with Gasteiger partial charge in [-0.05, 0) is 31.7 Å². The van der Waals surface area contributed by atoms with Crippen molar-refractivity contribution in [3.05, 3.63) is 16.1 Å². The van der Waals surface area contributed by atoms with Crippen LogP contribution in [0, 0.1) is 12.3 Å². The summed E-state index contributed by atoms with van der Waals surface area (Å²) in [5.41, 5.74) is 0.370. The maximum Gasteiger partial charge on any atom is 0.0896 e. The Morgan fingerprint density at radius 3 is 2.67 bits per heavy atom. The number of nitrogens with zero attached hydrogens (tertiary/aromatic N) is 1. The van der Waals surface area contributed by atoms with Crippen LogP contribution in [0.3, 0.4) is 0 Å². The summed E-state index contributed by atoms with van der Waals surface area (Å²) >= 11 is 1.82. The van der Waals surface area contributed by atoms with Gasteiger partial charge in [-0.15, -0.1) is 11.3 Å². The first-order chi connectivity index (χ1) is 7.09. The molecule has 1 aromatic rings. The second kappa shape index (κ2) is 5.61. The van der Waals surface area contributed by atoms with E-state index in [1.54, 1.807) is 0 Å². The van der Waals surface area contributed by atoms with E-state index in [0.29, 0.717) is 5.41 Å². The van der Waals surface area contributed by atoms with Crippen LogP contribution in [0.25, 0.3) is 0 Å². The molecule has 0 saturated heterocycles. The van der Waals surface area contributed by atoms with Crippen molar-refractivity contribution in [3.8, 4) is 0 Å². The van der Waals surface area contributed by atoms with Crippen LogP contribution >= 0.6 is 11.3 Å². The minimum Gasteiger partial charge on any atom is -0.316 e. The summed E-state index contributed by atoms with van der Waals surface area (Å²) in [7, 11) is 0. The Bertz CT molecular complexity index is 296. The van der Waals surface area contributed by atoms with Gasteiger partial charge in [-0.25, -0.2) is 4.98 Å². The van der Waals surface area contributed by atoms with E-state index in [4.69, 9.17) is 0 Å². The van der Waals surface area contributed by atoms with Gasteiger partial charge in [0.15, 0.2) is 0 Å². The molecule has 0 aliphatic rings. The molecule has 1 aromatic heterocycles. The molecule has 0 aliphatic heterocycles. The highest BCUT2D eigenvalue weighted by Crippen LogP contribution is 2.28. The minimum absolute atomic E-state index is 0.370. The Labute approximate surface area is 97.1 Å². The zero-order chi connectivity index (χ0) is 11.3. The number of nitrogens with one attached hydrogen (secondary N) is 1. The quantitative estimate of drug-likeness (QED) is 0.806. The molecule has 0 aromatic carbocycles. The SMILES string of the molecule is CCNCC(C)(CC)Cc1cnc(C)s1. The number of aryl methyl sites for hydroxylation is 1. The molecule has 0 bridgehead atoms. The fourth-order valence-corrected chi connectivity index (χ4v) is 2.66. The second-order valence-corrected chi connectivity index (χ2v) is 5.79. The molecule has 1 unspecified atom stereocenters. The van der Waals surface area contributed by atoms with Crippen LogP contribution in [0.5, 0.6) is 0 Å². The van der Waals surface area contributed by atoms with Crippen LogP contribution in [0.4, 0.5) is 0 Å². The van der Waals surface area contributed by atoms with E-state index >= 15 is 0 Å². The molecule has 1 N–H and O–H groups in total. The third kappa shape index (κ3) is 3.92.